The highest BCUT2D eigenvalue weighted by Gasteiger charge is 2.30. The number of ether oxygens (including phenoxy) is 1. The Morgan fingerprint density at radius 2 is 1.84 bits per heavy atom. The van der Waals surface area contributed by atoms with Crippen LogP contribution in [0.2, 0.25) is 5.02 Å². The van der Waals surface area contributed by atoms with E-state index >= 15 is 0 Å². The monoisotopic (exact) mass is 361 g/mol. The van der Waals surface area contributed by atoms with Crippen LogP contribution in [0, 0.1) is 0 Å². The van der Waals surface area contributed by atoms with Gasteiger partial charge in [0.2, 0.25) is 0 Å². The van der Waals surface area contributed by atoms with Crippen LogP contribution in [0.15, 0.2) is 48.5 Å². The van der Waals surface area contributed by atoms with Crippen molar-refractivity contribution in [2.75, 3.05) is 13.7 Å². The van der Waals surface area contributed by atoms with E-state index in [0.717, 1.165) is 11.1 Å². The smallest absolute Gasteiger partial charge is 0.305 e. The van der Waals surface area contributed by atoms with E-state index in [2.05, 4.69) is 5.32 Å². The van der Waals surface area contributed by atoms with Gasteiger partial charge in [-0.3, -0.25) is 9.59 Å². The lowest BCUT2D eigenvalue weighted by molar-refractivity contribution is -0.139. The molecule has 0 saturated heterocycles. The standard InChI is InChI=1S/C19H20ClNO4/c1-19(12-25-2,11-17(22)23)21-18(24)15-10-14(8-9-16(15)20)13-6-4-3-5-7-13/h3-10H,11-12H2,1-2H3,(H,21,24)(H,22,23). The van der Waals surface area contributed by atoms with Gasteiger partial charge in [-0.25, -0.2) is 0 Å². The predicted molar refractivity (Wildman–Crippen MR) is 96.9 cm³/mol. The molecule has 0 aliphatic rings. The van der Waals surface area contributed by atoms with Crippen LogP contribution in [0.5, 0.6) is 0 Å². The van der Waals surface area contributed by atoms with Crippen LogP contribution in [0.3, 0.4) is 0 Å². The summed E-state index contributed by atoms with van der Waals surface area (Å²) in [5.41, 5.74) is 1.06. The second-order valence-corrected chi connectivity index (χ2v) is 6.49. The molecule has 0 bridgehead atoms. The summed E-state index contributed by atoms with van der Waals surface area (Å²) < 4.78 is 5.06. The van der Waals surface area contributed by atoms with Gasteiger partial charge < -0.3 is 15.2 Å². The summed E-state index contributed by atoms with van der Waals surface area (Å²) >= 11 is 6.18. The quantitative estimate of drug-likeness (QED) is 0.789. The fraction of sp³-hybridized carbons (Fsp3) is 0.263. The van der Waals surface area contributed by atoms with Crippen molar-refractivity contribution in [2.45, 2.75) is 18.9 Å². The molecule has 2 N–H and O–H groups in total. The van der Waals surface area contributed by atoms with Gasteiger partial charge >= 0.3 is 5.97 Å². The van der Waals surface area contributed by atoms with Gasteiger partial charge in [0, 0.05) is 7.11 Å². The Morgan fingerprint density at radius 1 is 1.16 bits per heavy atom. The van der Waals surface area contributed by atoms with Crippen LogP contribution in [0.25, 0.3) is 11.1 Å². The van der Waals surface area contributed by atoms with Crippen molar-refractivity contribution in [1.82, 2.24) is 5.32 Å². The van der Waals surface area contributed by atoms with Crippen molar-refractivity contribution in [3.8, 4) is 11.1 Å². The Bertz CT molecular complexity index is 763. The number of aliphatic carboxylic acids is 1. The molecular formula is C19H20ClNO4. The van der Waals surface area contributed by atoms with Crippen LogP contribution < -0.4 is 5.32 Å². The molecule has 1 atom stereocenters. The summed E-state index contributed by atoms with van der Waals surface area (Å²) in [6, 6.07) is 14.8. The molecule has 132 valence electrons. The Balaban J connectivity index is 2.30. The molecule has 0 aliphatic carbocycles. The Kier molecular flexibility index (Phi) is 6.17. The molecule has 5 nitrogen and oxygen atoms in total. The lowest BCUT2D eigenvalue weighted by Gasteiger charge is -2.28. The number of amides is 1. The highest BCUT2D eigenvalue weighted by molar-refractivity contribution is 6.34. The van der Waals surface area contributed by atoms with Gasteiger partial charge in [0.25, 0.3) is 5.91 Å². The number of benzene rings is 2. The minimum atomic E-state index is -1.04. The molecule has 2 rings (SSSR count). The zero-order valence-corrected chi connectivity index (χ0v) is 14.8. The molecular weight excluding hydrogens is 342 g/mol. The third-order valence-electron chi connectivity index (χ3n) is 3.74. The maximum Gasteiger partial charge on any atom is 0.305 e. The van der Waals surface area contributed by atoms with Crippen LogP contribution in [0.1, 0.15) is 23.7 Å². The van der Waals surface area contributed by atoms with Crippen molar-refractivity contribution in [3.63, 3.8) is 0 Å². The van der Waals surface area contributed by atoms with E-state index in [1.807, 2.05) is 36.4 Å². The molecule has 0 aromatic heterocycles. The minimum Gasteiger partial charge on any atom is -0.481 e. The molecule has 6 heteroatoms. The molecule has 1 unspecified atom stereocenters. The van der Waals surface area contributed by atoms with Crippen LogP contribution >= 0.6 is 11.6 Å². The fourth-order valence-corrected chi connectivity index (χ4v) is 2.84. The molecule has 0 fully saturated rings. The average molecular weight is 362 g/mol. The van der Waals surface area contributed by atoms with E-state index in [9.17, 15) is 9.59 Å². The van der Waals surface area contributed by atoms with Gasteiger partial charge in [0.05, 0.1) is 29.2 Å². The lowest BCUT2D eigenvalue weighted by atomic mass is 9.97. The molecule has 25 heavy (non-hydrogen) atoms. The number of carboxylic acids is 1. The van der Waals surface area contributed by atoms with Crippen molar-refractivity contribution >= 4 is 23.5 Å². The number of halogens is 1. The van der Waals surface area contributed by atoms with Crippen LogP contribution in [-0.2, 0) is 9.53 Å². The summed E-state index contributed by atoms with van der Waals surface area (Å²) in [7, 11) is 1.45. The number of hydrogen-bond donors (Lipinski definition) is 2. The maximum absolute atomic E-state index is 12.7. The third-order valence-corrected chi connectivity index (χ3v) is 4.07. The molecule has 0 aliphatic heterocycles. The van der Waals surface area contributed by atoms with Gasteiger partial charge in [-0.2, -0.15) is 0 Å². The number of carbonyl (C=O) groups is 2. The summed E-state index contributed by atoms with van der Waals surface area (Å²) in [6.45, 7) is 1.69. The minimum absolute atomic E-state index is 0.0705. The summed E-state index contributed by atoms with van der Waals surface area (Å²) in [6.07, 6.45) is -0.261. The molecule has 2 aromatic carbocycles. The van der Waals surface area contributed by atoms with Crippen molar-refractivity contribution < 1.29 is 19.4 Å². The molecule has 0 saturated carbocycles. The number of nitrogens with one attached hydrogen (secondary N) is 1. The highest BCUT2D eigenvalue weighted by Crippen LogP contribution is 2.26. The largest absolute Gasteiger partial charge is 0.481 e. The first kappa shape index (κ1) is 19.0. The van der Waals surface area contributed by atoms with E-state index in [1.54, 1.807) is 19.1 Å². The van der Waals surface area contributed by atoms with Crippen molar-refractivity contribution in [3.05, 3.63) is 59.1 Å². The number of hydrogen-bond acceptors (Lipinski definition) is 3. The molecule has 0 spiro atoms. The third kappa shape index (κ3) is 5.05. The molecule has 2 aromatic rings. The first-order valence-corrected chi connectivity index (χ1v) is 8.11. The van der Waals surface area contributed by atoms with Crippen molar-refractivity contribution in [1.29, 1.82) is 0 Å². The second-order valence-electron chi connectivity index (χ2n) is 6.08. The Labute approximate surface area is 151 Å². The first-order chi connectivity index (χ1) is 11.8. The molecule has 0 radical (unpaired) electrons. The van der Waals surface area contributed by atoms with Gasteiger partial charge in [-0.15, -0.1) is 0 Å². The van der Waals surface area contributed by atoms with Gasteiger partial charge in [0.1, 0.15) is 0 Å². The number of methoxy groups -OCH3 is 1. The zero-order valence-electron chi connectivity index (χ0n) is 14.1. The lowest BCUT2D eigenvalue weighted by Crippen LogP contribution is -2.50. The van der Waals surface area contributed by atoms with E-state index in [1.165, 1.54) is 7.11 Å². The Hall–Kier alpha value is -2.37. The van der Waals surface area contributed by atoms with Gasteiger partial charge in [0.15, 0.2) is 0 Å². The highest BCUT2D eigenvalue weighted by atomic mass is 35.5. The molecule has 1 amide bonds. The zero-order chi connectivity index (χ0) is 18.4. The van der Waals surface area contributed by atoms with E-state index < -0.39 is 17.4 Å². The SMILES string of the molecule is COCC(C)(CC(=O)O)NC(=O)c1cc(-c2ccccc2)ccc1Cl. The van der Waals surface area contributed by atoms with E-state index in [0.29, 0.717) is 5.02 Å². The summed E-state index contributed by atoms with van der Waals surface area (Å²) in [4.78, 5) is 23.8. The first-order valence-electron chi connectivity index (χ1n) is 7.73. The normalized spacial score (nSPS) is 13.1. The predicted octanol–water partition coefficient (Wildman–Crippen LogP) is 3.62. The number of carbonyl (C=O) groups excluding carboxylic acids is 1. The Morgan fingerprint density at radius 3 is 2.44 bits per heavy atom. The molecule has 0 heterocycles. The van der Waals surface area contributed by atoms with Crippen LogP contribution in [-0.4, -0.2) is 36.2 Å². The fourth-order valence-electron chi connectivity index (χ4n) is 2.63. The van der Waals surface area contributed by atoms with Crippen LogP contribution in [0.4, 0.5) is 0 Å². The average Bonchev–Trinajstić information content (AvgIpc) is 2.55. The van der Waals surface area contributed by atoms with Gasteiger partial charge in [-0.1, -0.05) is 48.0 Å². The maximum atomic E-state index is 12.7. The number of carboxylic acid groups (broad SMARTS) is 1. The summed E-state index contributed by atoms with van der Waals surface area (Å²) in [5, 5.41) is 12.1. The van der Waals surface area contributed by atoms with E-state index in [4.69, 9.17) is 21.4 Å². The van der Waals surface area contributed by atoms with Crippen molar-refractivity contribution in [2.24, 2.45) is 0 Å². The van der Waals surface area contributed by atoms with Gasteiger partial charge in [-0.05, 0) is 30.2 Å². The second kappa shape index (κ2) is 8.14. The topological polar surface area (TPSA) is 75.6 Å². The number of rotatable bonds is 7. The summed E-state index contributed by atoms with van der Waals surface area (Å²) in [5.74, 6) is -1.47. The van der Waals surface area contributed by atoms with E-state index in [-0.39, 0.29) is 18.6 Å².